The van der Waals surface area contributed by atoms with Gasteiger partial charge in [-0.25, -0.2) is 22.8 Å². The molecule has 2 fully saturated rings. The topological polar surface area (TPSA) is 270 Å². The van der Waals surface area contributed by atoms with Crippen molar-refractivity contribution >= 4 is 37.7 Å². The quantitative estimate of drug-likeness (QED) is 0.0914. The van der Waals surface area contributed by atoms with E-state index in [1.54, 1.807) is 12.1 Å². The minimum absolute atomic E-state index is 0.141. The Morgan fingerprint density at radius 2 is 1.95 bits per heavy atom. The number of fused-ring (bicyclic) bond motifs is 1. The zero-order valence-corrected chi connectivity index (χ0v) is 24.6. The summed E-state index contributed by atoms with van der Waals surface area (Å²) in [5.74, 6) is 2.50. The lowest BCUT2D eigenvalue weighted by Crippen LogP contribution is -2.60. The number of phosphoric acid groups is 1. The standard InChI is InChI=1S/C21H29FN4O14P2S/c1-3-21(35-2)17(31)12(37-18(21)10-4-5-11-19(23)24-8-25-26(10)11)7-36-42(34,43)40-41(32,33)39-20-15(30)13(28)14(29)16(38-20)9(22)6-27/h1,4-5,8-9,12-18,20,27-31H,6-7H2,2H3,(H,32,33)(H,34,43)(H2,23,24,25)/t9-,12+,13?,14?,15?,16?,17+,18-,20?,21+,42?/m0/s1. The van der Waals surface area contributed by atoms with Crippen molar-refractivity contribution in [2.24, 2.45) is 0 Å². The van der Waals surface area contributed by atoms with E-state index in [4.69, 9.17) is 47.8 Å². The summed E-state index contributed by atoms with van der Waals surface area (Å²) in [5.41, 5.74) is 4.75. The molecule has 9 N–H and O–H groups in total. The summed E-state index contributed by atoms with van der Waals surface area (Å²) >= 11 is 4.77. The van der Waals surface area contributed by atoms with E-state index in [0.29, 0.717) is 11.2 Å². The predicted molar refractivity (Wildman–Crippen MR) is 143 cm³/mol. The molecular formula is C21H29FN4O14P2S. The van der Waals surface area contributed by atoms with Crippen LogP contribution in [0, 0.1) is 12.3 Å². The Morgan fingerprint density at radius 3 is 2.58 bits per heavy atom. The molecule has 18 nitrogen and oxygen atoms in total. The normalized spacial score (nSPS) is 36.6. The molecule has 2 aromatic rings. The number of hydrogen-bond donors (Lipinski definition) is 8. The van der Waals surface area contributed by atoms with Gasteiger partial charge in [-0.05, 0) is 23.9 Å². The van der Waals surface area contributed by atoms with Crippen molar-refractivity contribution in [3.8, 4) is 12.3 Å². The second-order valence-electron chi connectivity index (χ2n) is 9.40. The maximum atomic E-state index is 14.0. The third-order valence-corrected chi connectivity index (χ3v) is 10.3. The molecule has 0 radical (unpaired) electrons. The molecule has 12 atom stereocenters. The van der Waals surface area contributed by atoms with E-state index >= 15 is 0 Å². The number of nitrogen functional groups attached to an aromatic ring is 1. The molecule has 0 amide bonds. The van der Waals surface area contributed by atoms with Crippen LogP contribution in [0.25, 0.3) is 5.52 Å². The zero-order chi connectivity index (χ0) is 31.9. The number of aliphatic hydroxyl groups excluding tert-OH is 5. The van der Waals surface area contributed by atoms with Crippen LogP contribution in [0.4, 0.5) is 10.2 Å². The number of ether oxygens (including phenoxy) is 3. The lowest BCUT2D eigenvalue weighted by Gasteiger charge is -2.41. The number of aromatic nitrogens is 3. The second kappa shape index (κ2) is 12.9. The van der Waals surface area contributed by atoms with Gasteiger partial charge in [0.15, 0.2) is 23.9 Å². The molecule has 2 saturated heterocycles. The van der Waals surface area contributed by atoms with Gasteiger partial charge in [-0.3, -0.25) is 4.52 Å². The average molecular weight is 674 g/mol. The highest BCUT2D eigenvalue weighted by Gasteiger charge is 2.58. The minimum atomic E-state index is -5.51. The first-order valence-electron chi connectivity index (χ1n) is 12.2. The third kappa shape index (κ3) is 6.64. The maximum absolute atomic E-state index is 14.0. The number of anilines is 1. The zero-order valence-electron chi connectivity index (χ0n) is 22.0. The molecule has 0 spiro atoms. The van der Waals surface area contributed by atoms with Crippen molar-refractivity contribution in [3.05, 3.63) is 24.2 Å². The number of hydrogen-bond acceptors (Lipinski definition) is 16. The third-order valence-electron chi connectivity index (χ3n) is 6.82. The summed E-state index contributed by atoms with van der Waals surface area (Å²) in [6.07, 6.45) is -10.2. The summed E-state index contributed by atoms with van der Waals surface area (Å²) in [4.78, 5) is 24.5. The van der Waals surface area contributed by atoms with Crippen LogP contribution in [0.1, 0.15) is 11.8 Å². The highest BCUT2D eigenvalue weighted by Crippen LogP contribution is 2.62. The molecule has 4 rings (SSSR count). The number of phosphoric ester groups is 1. The first kappa shape index (κ1) is 34.1. The number of aliphatic hydroxyl groups is 5. The molecule has 0 aliphatic carbocycles. The summed E-state index contributed by atoms with van der Waals surface area (Å²) in [7, 11) is -4.29. The molecular weight excluding hydrogens is 645 g/mol. The van der Waals surface area contributed by atoms with Crippen LogP contribution in [-0.4, -0.2) is 125 Å². The van der Waals surface area contributed by atoms with Gasteiger partial charge in [-0.2, -0.15) is 5.10 Å². The van der Waals surface area contributed by atoms with Crippen LogP contribution in [0.15, 0.2) is 18.5 Å². The van der Waals surface area contributed by atoms with Gasteiger partial charge in [0.05, 0.1) is 18.9 Å². The fourth-order valence-corrected chi connectivity index (χ4v) is 7.76. The molecule has 0 aromatic carbocycles. The SMILES string of the molecule is C#C[C@@]1(OC)[C@H](O)[C@@H](COP(O)(=S)OP(=O)(O)OC2OC([C@@H](F)CO)C(O)C(O)C2O)O[C@H]1c1ccc2c(N)ncnn12. The van der Waals surface area contributed by atoms with Gasteiger partial charge in [0.25, 0.3) is 0 Å². The summed E-state index contributed by atoms with van der Waals surface area (Å²) in [6.45, 7) is -6.66. The molecule has 2 aromatic heterocycles. The Hall–Kier alpha value is -1.73. The summed E-state index contributed by atoms with van der Waals surface area (Å²) < 4.78 is 58.5. The minimum Gasteiger partial charge on any atom is -0.393 e. The van der Waals surface area contributed by atoms with E-state index < -0.39 is 88.5 Å². The van der Waals surface area contributed by atoms with E-state index in [1.807, 2.05) is 0 Å². The van der Waals surface area contributed by atoms with Crippen LogP contribution < -0.4 is 5.73 Å². The molecule has 22 heteroatoms. The highest BCUT2D eigenvalue weighted by molar-refractivity contribution is 8.08. The van der Waals surface area contributed by atoms with Gasteiger partial charge >= 0.3 is 14.5 Å². The van der Waals surface area contributed by atoms with Crippen molar-refractivity contribution in [3.63, 3.8) is 0 Å². The Kier molecular flexibility index (Phi) is 10.3. The molecule has 0 saturated carbocycles. The average Bonchev–Trinajstić information content (AvgIpc) is 3.50. The first-order chi connectivity index (χ1) is 20.1. The maximum Gasteiger partial charge on any atom is 0.481 e. The van der Waals surface area contributed by atoms with Gasteiger partial charge < -0.3 is 59.8 Å². The number of nitrogens with zero attached hydrogens (tertiary/aromatic N) is 3. The monoisotopic (exact) mass is 674 g/mol. The molecule has 240 valence electrons. The van der Waals surface area contributed by atoms with Gasteiger partial charge in [0.2, 0.25) is 0 Å². The van der Waals surface area contributed by atoms with E-state index in [-0.39, 0.29) is 5.82 Å². The fraction of sp³-hybridized carbons (Fsp3) is 0.619. The largest absolute Gasteiger partial charge is 0.481 e. The van der Waals surface area contributed by atoms with Crippen molar-refractivity contribution < 1.29 is 71.8 Å². The van der Waals surface area contributed by atoms with E-state index in [0.717, 1.165) is 0 Å². The predicted octanol–water partition coefficient (Wildman–Crippen LogP) is -2.36. The van der Waals surface area contributed by atoms with Gasteiger partial charge in [-0.1, -0.05) is 5.92 Å². The summed E-state index contributed by atoms with van der Waals surface area (Å²) in [5, 5.41) is 54.1. The van der Waals surface area contributed by atoms with Crippen LogP contribution >= 0.6 is 14.5 Å². The Balaban J connectivity index is 1.46. The van der Waals surface area contributed by atoms with Gasteiger partial charge in [0, 0.05) is 7.11 Å². The smallest absolute Gasteiger partial charge is 0.393 e. The van der Waals surface area contributed by atoms with Crippen LogP contribution in [-0.2, 0) is 43.9 Å². The second-order valence-corrected chi connectivity index (χ2v) is 13.8. The van der Waals surface area contributed by atoms with Crippen molar-refractivity contribution in [2.75, 3.05) is 26.1 Å². The Morgan fingerprint density at radius 1 is 1.26 bits per heavy atom. The van der Waals surface area contributed by atoms with E-state index in [9.17, 15) is 39.2 Å². The molecule has 4 heterocycles. The first-order valence-corrected chi connectivity index (χ1v) is 16.3. The Bertz CT molecular complexity index is 1450. The molecule has 7 unspecified atom stereocenters. The van der Waals surface area contributed by atoms with E-state index in [1.165, 1.54) is 18.0 Å². The van der Waals surface area contributed by atoms with Crippen LogP contribution in [0.3, 0.4) is 0 Å². The number of terminal acetylenes is 1. The number of nitrogens with two attached hydrogens (primary N) is 1. The number of rotatable bonds is 11. The number of alkyl halides is 1. The van der Waals surface area contributed by atoms with Crippen LogP contribution in [0.2, 0.25) is 0 Å². The number of halogens is 1. The van der Waals surface area contributed by atoms with E-state index in [2.05, 4.69) is 24.8 Å². The van der Waals surface area contributed by atoms with Crippen molar-refractivity contribution in [2.45, 2.75) is 60.8 Å². The lowest BCUT2D eigenvalue weighted by molar-refractivity contribution is -0.287. The molecule has 0 bridgehead atoms. The van der Waals surface area contributed by atoms with Gasteiger partial charge in [-0.15, -0.1) is 6.42 Å². The fourth-order valence-electron chi connectivity index (χ4n) is 4.66. The summed E-state index contributed by atoms with van der Waals surface area (Å²) in [6, 6.07) is 3.13. The van der Waals surface area contributed by atoms with Crippen LogP contribution in [0.5, 0.6) is 0 Å². The van der Waals surface area contributed by atoms with Crippen molar-refractivity contribution in [1.82, 2.24) is 14.6 Å². The van der Waals surface area contributed by atoms with Gasteiger partial charge in [0.1, 0.15) is 54.6 Å². The highest BCUT2D eigenvalue weighted by atomic mass is 32.5. The molecule has 2 aliphatic heterocycles. The lowest BCUT2D eigenvalue weighted by atomic mass is 9.89. The molecule has 43 heavy (non-hydrogen) atoms. The van der Waals surface area contributed by atoms with Crippen molar-refractivity contribution in [1.29, 1.82) is 0 Å². The Labute approximate surface area is 247 Å². The molecule has 2 aliphatic rings. The number of methoxy groups -OCH3 is 1.